The van der Waals surface area contributed by atoms with E-state index < -0.39 is 48.1 Å². The maximum absolute atomic E-state index is 13.8. The van der Waals surface area contributed by atoms with Crippen molar-refractivity contribution in [2.75, 3.05) is 11.6 Å². The van der Waals surface area contributed by atoms with E-state index >= 15 is 0 Å². The van der Waals surface area contributed by atoms with Crippen molar-refractivity contribution >= 4 is 17.6 Å². The van der Waals surface area contributed by atoms with E-state index in [2.05, 4.69) is 10.4 Å². The minimum atomic E-state index is -4.67. The van der Waals surface area contributed by atoms with Crippen molar-refractivity contribution in [1.82, 2.24) is 15.1 Å². The number of carbonyl (C=O) groups excluding carboxylic acids is 2. The largest absolute Gasteiger partial charge is 0.416 e. The van der Waals surface area contributed by atoms with Crippen LogP contribution in [0.1, 0.15) is 38.7 Å². The molecule has 0 radical (unpaired) electrons. The Morgan fingerprint density at radius 1 is 1.03 bits per heavy atom. The molecule has 1 aliphatic heterocycles. The standard InChI is InChI=1S/C28H22F4N4O3/c1-16-22-23(17-10-12-20(29)13-11-17)24(33-25(38)18-6-5-7-19(14-18)28(30,31)32)27(39)35(15-37)26(22)36(34-16)21-8-3-2-4-9-21/h2-14,23-24,37H,15H2,1H3,(H,33,38)/t23-,24-/m0/s1. The van der Waals surface area contributed by atoms with Gasteiger partial charge in [0, 0.05) is 17.0 Å². The lowest BCUT2D eigenvalue weighted by Crippen LogP contribution is -2.55. The molecule has 2 heterocycles. The monoisotopic (exact) mass is 538 g/mol. The van der Waals surface area contributed by atoms with E-state index in [-0.39, 0.29) is 11.4 Å². The summed E-state index contributed by atoms with van der Waals surface area (Å²) < 4.78 is 55.1. The molecule has 7 nitrogen and oxygen atoms in total. The second-order valence-corrected chi connectivity index (χ2v) is 9.04. The lowest BCUT2D eigenvalue weighted by atomic mass is 9.81. The number of para-hydroxylation sites is 1. The summed E-state index contributed by atoms with van der Waals surface area (Å²) in [5.41, 5.74) is 0.736. The third-order valence-electron chi connectivity index (χ3n) is 6.62. The molecular formula is C28H22F4N4O3. The highest BCUT2D eigenvalue weighted by Gasteiger charge is 2.46. The third kappa shape index (κ3) is 4.76. The molecule has 5 rings (SSSR count). The first kappa shape index (κ1) is 26.1. The fraction of sp³-hybridized carbons (Fsp3) is 0.179. The topological polar surface area (TPSA) is 87.5 Å². The number of hydrogen-bond donors (Lipinski definition) is 2. The molecule has 2 N–H and O–H groups in total. The Morgan fingerprint density at radius 3 is 2.36 bits per heavy atom. The smallest absolute Gasteiger partial charge is 0.376 e. The number of aliphatic hydroxyl groups excluding tert-OH is 1. The predicted octanol–water partition coefficient (Wildman–Crippen LogP) is 4.57. The Morgan fingerprint density at radius 2 is 1.72 bits per heavy atom. The van der Waals surface area contributed by atoms with Gasteiger partial charge in [-0.25, -0.2) is 9.07 Å². The van der Waals surface area contributed by atoms with Crippen LogP contribution in [-0.2, 0) is 11.0 Å². The molecule has 11 heteroatoms. The average Bonchev–Trinajstić information content (AvgIpc) is 3.26. The van der Waals surface area contributed by atoms with Crippen molar-refractivity contribution in [3.8, 4) is 5.69 Å². The number of amides is 2. The predicted molar refractivity (Wildman–Crippen MR) is 134 cm³/mol. The molecule has 0 aliphatic carbocycles. The first-order valence-corrected chi connectivity index (χ1v) is 11.9. The Hall–Kier alpha value is -4.51. The summed E-state index contributed by atoms with van der Waals surface area (Å²) >= 11 is 0. The second kappa shape index (κ2) is 9.99. The summed E-state index contributed by atoms with van der Waals surface area (Å²) in [5, 5.41) is 17.4. The molecule has 0 spiro atoms. The molecule has 2 atom stereocenters. The summed E-state index contributed by atoms with van der Waals surface area (Å²) in [4.78, 5) is 28.1. The molecule has 39 heavy (non-hydrogen) atoms. The van der Waals surface area contributed by atoms with Gasteiger partial charge in [0.15, 0.2) is 0 Å². The van der Waals surface area contributed by atoms with Gasteiger partial charge < -0.3 is 10.4 Å². The molecule has 1 aromatic heterocycles. The van der Waals surface area contributed by atoms with Gasteiger partial charge in [0.1, 0.15) is 24.4 Å². The normalized spacial score (nSPS) is 17.2. The number of rotatable bonds is 5. The van der Waals surface area contributed by atoms with Crippen LogP contribution in [0.2, 0.25) is 0 Å². The number of benzene rings is 3. The molecule has 200 valence electrons. The van der Waals surface area contributed by atoms with E-state index in [4.69, 9.17) is 0 Å². The van der Waals surface area contributed by atoms with Gasteiger partial charge in [-0.05, 0) is 55.0 Å². The number of anilines is 1. The number of aryl methyl sites for hydroxylation is 1. The minimum absolute atomic E-state index is 0.269. The number of fused-ring (bicyclic) bond motifs is 1. The van der Waals surface area contributed by atoms with Crippen LogP contribution in [0.25, 0.3) is 5.69 Å². The Labute approximate surface area is 220 Å². The van der Waals surface area contributed by atoms with Gasteiger partial charge in [-0.2, -0.15) is 18.3 Å². The molecular weight excluding hydrogens is 516 g/mol. The van der Waals surface area contributed by atoms with Crippen LogP contribution < -0.4 is 10.2 Å². The van der Waals surface area contributed by atoms with E-state index in [1.54, 1.807) is 31.2 Å². The lowest BCUT2D eigenvalue weighted by Gasteiger charge is -2.38. The van der Waals surface area contributed by atoms with E-state index in [9.17, 15) is 32.3 Å². The number of alkyl halides is 3. The van der Waals surface area contributed by atoms with Crippen LogP contribution in [0.4, 0.5) is 23.4 Å². The highest BCUT2D eigenvalue weighted by atomic mass is 19.4. The number of nitrogens with zero attached hydrogens (tertiary/aromatic N) is 3. The van der Waals surface area contributed by atoms with Gasteiger partial charge >= 0.3 is 6.18 Å². The molecule has 4 aromatic rings. The number of nitrogens with one attached hydrogen (secondary N) is 1. The van der Waals surface area contributed by atoms with Crippen LogP contribution in [0, 0.1) is 12.7 Å². The second-order valence-electron chi connectivity index (χ2n) is 9.04. The maximum atomic E-state index is 13.8. The first-order chi connectivity index (χ1) is 18.6. The van der Waals surface area contributed by atoms with Crippen LogP contribution in [-0.4, -0.2) is 39.5 Å². The lowest BCUT2D eigenvalue weighted by molar-refractivity contribution is -0.137. The SMILES string of the molecule is Cc1nn(-c2ccccc2)c2c1[C@H](c1ccc(F)cc1)[C@H](NC(=O)c1cccc(C(F)(F)F)c1)C(=O)N2CO. The fourth-order valence-corrected chi connectivity index (χ4v) is 4.85. The van der Waals surface area contributed by atoms with Crippen molar-refractivity contribution in [1.29, 1.82) is 0 Å². The van der Waals surface area contributed by atoms with Gasteiger partial charge in [-0.1, -0.05) is 36.4 Å². The van der Waals surface area contributed by atoms with Gasteiger partial charge in [0.25, 0.3) is 11.8 Å². The summed E-state index contributed by atoms with van der Waals surface area (Å²) in [6.07, 6.45) is -4.67. The Bertz CT molecular complexity index is 1530. The van der Waals surface area contributed by atoms with Crippen LogP contribution in [0.15, 0.2) is 78.9 Å². The van der Waals surface area contributed by atoms with Gasteiger partial charge in [-0.3, -0.25) is 14.5 Å². The van der Waals surface area contributed by atoms with E-state index in [1.165, 1.54) is 35.0 Å². The number of carbonyl (C=O) groups is 2. The fourth-order valence-electron chi connectivity index (χ4n) is 4.85. The van der Waals surface area contributed by atoms with Crippen molar-refractivity contribution in [3.05, 3.63) is 113 Å². The van der Waals surface area contributed by atoms with Crippen molar-refractivity contribution < 1.29 is 32.3 Å². The third-order valence-corrected chi connectivity index (χ3v) is 6.62. The molecule has 0 bridgehead atoms. The maximum Gasteiger partial charge on any atom is 0.416 e. The van der Waals surface area contributed by atoms with E-state index in [0.29, 0.717) is 28.6 Å². The zero-order chi connectivity index (χ0) is 27.9. The molecule has 0 fully saturated rings. The van der Waals surface area contributed by atoms with E-state index in [1.807, 2.05) is 6.07 Å². The number of aliphatic hydroxyl groups is 1. The van der Waals surface area contributed by atoms with Crippen molar-refractivity contribution in [2.24, 2.45) is 0 Å². The number of hydrogen-bond acceptors (Lipinski definition) is 4. The molecule has 0 saturated carbocycles. The van der Waals surface area contributed by atoms with Gasteiger partial charge in [-0.15, -0.1) is 0 Å². The highest BCUT2D eigenvalue weighted by molar-refractivity contribution is 6.05. The summed E-state index contributed by atoms with van der Waals surface area (Å²) in [6, 6.07) is 16.7. The Balaban J connectivity index is 1.65. The van der Waals surface area contributed by atoms with Crippen molar-refractivity contribution in [2.45, 2.75) is 25.1 Å². The molecule has 0 saturated heterocycles. The molecule has 2 amide bonds. The minimum Gasteiger partial charge on any atom is -0.376 e. The first-order valence-electron chi connectivity index (χ1n) is 11.9. The van der Waals surface area contributed by atoms with Crippen molar-refractivity contribution in [3.63, 3.8) is 0 Å². The highest BCUT2D eigenvalue weighted by Crippen LogP contribution is 2.43. The molecule has 1 aliphatic rings. The number of halogens is 4. The quantitative estimate of drug-likeness (QED) is 0.365. The van der Waals surface area contributed by atoms with Gasteiger partial charge in [0.05, 0.1) is 16.9 Å². The van der Waals surface area contributed by atoms with Crippen LogP contribution in [0.5, 0.6) is 0 Å². The van der Waals surface area contributed by atoms with E-state index in [0.717, 1.165) is 17.0 Å². The molecule has 3 aromatic carbocycles. The number of aromatic nitrogens is 2. The van der Waals surface area contributed by atoms with Crippen LogP contribution in [0.3, 0.4) is 0 Å². The summed E-state index contributed by atoms with van der Waals surface area (Å²) in [6.45, 7) is 0.946. The molecule has 0 unspecified atom stereocenters. The Kier molecular flexibility index (Phi) is 6.69. The zero-order valence-electron chi connectivity index (χ0n) is 20.5. The average molecular weight is 539 g/mol. The van der Waals surface area contributed by atoms with Gasteiger partial charge in [0.2, 0.25) is 0 Å². The summed E-state index contributed by atoms with van der Waals surface area (Å²) in [7, 11) is 0. The van der Waals surface area contributed by atoms with Crippen LogP contribution >= 0.6 is 0 Å². The zero-order valence-corrected chi connectivity index (χ0v) is 20.5. The summed E-state index contributed by atoms with van der Waals surface area (Å²) in [5.74, 6) is -2.76.